The summed E-state index contributed by atoms with van der Waals surface area (Å²) in [6.45, 7) is 0.942. The predicted octanol–water partition coefficient (Wildman–Crippen LogP) is 0.370. The molecule has 0 spiro atoms. The summed E-state index contributed by atoms with van der Waals surface area (Å²) in [7, 11) is -9.42. The molecule has 0 saturated carbocycles. The largest absolute Gasteiger partial charge is 0.778 e. The molecule has 0 fully saturated rings. The van der Waals surface area contributed by atoms with E-state index >= 15 is 0 Å². The van der Waals surface area contributed by atoms with E-state index in [0.29, 0.717) is 51.6 Å². The molecule has 0 amide bonds. The molecule has 0 aliphatic carbocycles. The van der Waals surface area contributed by atoms with E-state index in [0.717, 1.165) is 4.90 Å². The van der Waals surface area contributed by atoms with Gasteiger partial charge in [-0.05, 0) is 58.1 Å². The minimum Gasteiger partial charge on any atom is -0.778 e. The maximum absolute atomic E-state index is 12.2. The first-order valence-corrected chi connectivity index (χ1v) is 19.8. The summed E-state index contributed by atoms with van der Waals surface area (Å²) in [5.41, 5.74) is 2.71. The molecule has 0 bridgehead atoms. The number of phenolic OH excluding ortho intramolecular Hbond substituents is 2. The molecule has 17 heteroatoms. The zero-order valence-electron chi connectivity index (χ0n) is 26.3. The summed E-state index contributed by atoms with van der Waals surface area (Å²) in [6.07, 6.45) is 6.53. The molecule has 0 heterocycles. The number of hydrogen-bond acceptors (Lipinski definition) is 11. The molecule has 260 valence electrons. The Morgan fingerprint density at radius 1 is 0.822 bits per heavy atom. The van der Waals surface area contributed by atoms with Crippen molar-refractivity contribution in [3.63, 3.8) is 0 Å². The van der Waals surface area contributed by atoms with Gasteiger partial charge in [0.15, 0.2) is 7.60 Å². The first-order valence-electron chi connectivity index (χ1n) is 13.9. The molecule has 0 radical (unpaired) electrons. The van der Waals surface area contributed by atoms with Gasteiger partial charge >= 0.3 is 0 Å². The number of aromatic hydroxyl groups is 2. The van der Waals surface area contributed by atoms with Gasteiger partial charge in [-0.15, -0.1) is 0 Å². The Labute approximate surface area is 279 Å². The van der Waals surface area contributed by atoms with Crippen LogP contribution in [0.4, 0.5) is 0 Å². The Kier molecular flexibility index (Phi) is 19.9. The smallest absolute Gasteiger partial charge is 0.151 e. The molecule has 2 aromatic carbocycles. The number of hydrogen-bond donors (Lipinski definition) is 7. The van der Waals surface area contributed by atoms with Crippen LogP contribution < -0.4 is 9.79 Å². The Morgan fingerprint density at radius 2 is 1.42 bits per heavy atom. The van der Waals surface area contributed by atoms with Gasteiger partial charge in [0.05, 0.1) is 50.7 Å². The van der Waals surface area contributed by atoms with Crippen LogP contribution in [0.25, 0.3) is 0 Å². The third-order valence-electron chi connectivity index (χ3n) is 6.76. The normalized spacial score (nSPS) is 14.8. The van der Waals surface area contributed by atoms with Crippen LogP contribution in [0.5, 0.6) is 11.5 Å². The van der Waals surface area contributed by atoms with Crippen molar-refractivity contribution in [3.8, 4) is 11.5 Å². The molecule has 2 rings (SSSR count). The van der Waals surface area contributed by atoms with Gasteiger partial charge in [-0.25, -0.2) is 0 Å². The zero-order valence-corrected chi connectivity index (χ0v) is 30.0. The van der Waals surface area contributed by atoms with Crippen LogP contribution >= 0.6 is 15.2 Å². The van der Waals surface area contributed by atoms with Crippen molar-refractivity contribution in [2.45, 2.75) is 58.8 Å². The van der Waals surface area contributed by atoms with Crippen LogP contribution in [0.15, 0.2) is 24.3 Å². The van der Waals surface area contributed by atoms with Crippen LogP contribution in [0.2, 0.25) is 0 Å². The molecule has 13 nitrogen and oxygen atoms in total. The summed E-state index contributed by atoms with van der Waals surface area (Å²) in [4.78, 5) is 45.9. The van der Waals surface area contributed by atoms with E-state index in [9.17, 15) is 54.2 Å². The van der Waals surface area contributed by atoms with Crippen LogP contribution in [0.3, 0.4) is 0 Å². The van der Waals surface area contributed by atoms with E-state index in [1.54, 1.807) is 19.9 Å². The van der Waals surface area contributed by atoms with Crippen LogP contribution in [-0.2, 0) is 76.2 Å². The monoisotopic (exact) mass is 737 g/mol. The topological polar surface area (TPSA) is 228 Å². The van der Waals surface area contributed by atoms with Gasteiger partial charge < -0.3 is 54.2 Å². The molecule has 3 unspecified atom stereocenters. The van der Waals surface area contributed by atoms with Gasteiger partial charge in [0.2, 0.25) is 0 Å². The molecular weight excluding hydrogens is 690 g/mol. The summed E-state index contributed by atoms with van der Waals surface area (Å²) >= 11 is 0. The van der Waals surface area contributed by atoms with E-state index in [1.165, 1.54) is 23.1 Å². The molecule has 0 aliphatic rings. The number of aryl methyl sites for hydroxylation is 1. The number of aliphatic hydroxyl groups is 3. The van der Waals surface area contributed by atoms with Crippen molar-refractivity contribution in [1.82, 2.24) is 9.80 Å². The molecule has 0 saturated heterocycles. The predicted molar refractivity (Wildman–Crippen MR) is 168 cm³/mol. The average Bonchev–Trinajstić information content (AvgIpc) is 2.91. The van der Waals surface area contributed by atoms with Gasteiger partial charge in [-0.1, -0.05) is 26.0 Å². The van der Waals surface area contributed by atoms with E-state index < -0.39 is 33.9 Å². The quantitative estimate of drug-likeness (QED) is 0.0703. The van der Waals surface area contributed by atoms with Crippen molar-refractivity contribution in [3.05, 3.63) is 57.6 Å². The zero-order chi connectivity index (χ0) is 33.8. The van der Waals surface area contributed by atoms with Gasteiger partial charge in [0, 0.05) is 54.4 Å². The second-order valence-electron chi connectivity index (χ2n) is 10.7. The molecule has 7 N–H and O–H groups in total. The number of nitrogens with zero attached hydrogens (tertiary/aromatic N) is 2. The van der Waals surface area contributed by atoms with Gasteiger partial charge in [-0.3, -0.25) is 9.80 Å². The first-order chi connectivity index (χ1) is 20.4. The Bertz CT molecular complexity index is 1290. The van der Waals surface area contributed by atoms with E-state index in [-0.39, 0.29) is 73.5 Å². The second-order valence-corrected chi connectivity index (χ2v) is 16.5. The van der Waals surface area contributed by atoms with Gasteiger partial charge in [-0.2, -0.15) is 0 Å². The Balaban J connectivity index is 0.00000364. The summed E-state index contributed by atoms with van der Waals surface area (Å²) in [5.74, 6) is -2.21. The van der Waals surface area contributed by atoms with Crippen molar-refractivity contribution >= 4 is 26.1 Å². The summed E-state index contributed by atoms with van der Waals surface area (Å²) < 4.78 is 24.0. The number of benzene rings is 2. The van der Waals surface area contributed by atoms with Gasteiger partial charge in [0.25, 0.3) is 0 Å². The van der Waals surface area contributed by atoms with E-state index in [1.807, 2.05) is 0 Å². The van der Waals surface area contributed by atoms with Crippen molar-refractivity contribution < 1.29 is 71.3 Å². The Morgan fingerprint density at radius 3 is 1.87 bits per heavy atom. The van der Waals surface area contributed by atoms with Crippen LogP contribution in [0, 0.1) is 0 Å². The molecule has 2 aromatic rings. The molecule has 45 heavy (non-hydrogen) atoms. The minimum atomic E-state index is -5.18. The van der Waals surface area contributed by atoms with E-state index in [2.05, 4.69) is 18.8 Å². The fraction of sp³-hybridized carbons (Fsp3) is 0.571. The van der Waals surface area contributed by atoms with E-state index in [4.69, 9.17) is 0 Å². The summed E-state index contributed by atoms with van der Waals surface area (Å²) in [6, 6.07) is 5.84. The Hall–Kier alpha value is -0.991. The maximum atomic E-state index is 12.2. The number of aliphatic hydroxyl groups excluding tert-OH is 3. The standard InChI is InChI=1S/C25H40N2O11P2.C3H9S.Fe/c1-3-18-9-17(13-28)10-24(32)21(18)11-26(16-39(33,34)35)7-8-27(25(15-30)40(36,37)38)12-22-20(4-2)19(14-29)5-6-23(22)31;1-4(2)3;/h5-6,9-10,25,28-32H,3-4,7-8,11-16H2,1-2H3,(H2,33,34,35)(H2,36,37,38);1-3H3;/q;+1;/p-2. The SMILES string of the molecule is CCc1cc(CO)cc(O)c1CN(CCN(Cc1c(O)ccc(CO)c1CC)C(CO)P(=O)([O-])O)CP(=O)([O-])O.C[S+](C)C.[Fe]. The fourth-order valence-corrected chi connectivity index (χ4v) is 6.33. The molecule has 0 aromatic heterocycles. The van der Waals surface area contributed by atoms with Crippen molar-refractivity contribution in [2.75, 3.05) is 44.7 Å². The maximum Gasteiger partial charge on any atom is 0.151 e. The minimum absolute atomic E-state index is 0. The second kappa shape index (κ2) is 20.4. The fourth-order valence-electron chi connectivity index (χ4n) is 4.77. The van der Waals surface area contributed by atoms with Gasteiger partial charge in [0.1, 0.15) is 19.1 Å². The number of rotatable bonds is 16. The van der Waals surface area contributed by atoms with Crippen LogP contribution in [0.1, 0.15) is 47.2 Å². The van der Waals surface area contributed by atoms with Crippen LogP contribution in [-0.4, -0.2) is 95.7 Å². The third kappa shape index (κ3) is 14.8. The van der Waals surface area contributed by atoms with Crippen molar-refractivity contribution in [2.24, 2.45) is 0 Å². The molecule has 0 aliphatic heterocycles. The molecule has 3 atom stereocenters. The summed E-state index contributed by atoms with van der Waals surface area (Å²) in [5, 5.41) is 50.2. The molecular formula is C28H47FeN2O11P2S-. The number of phenols is 2. The third-order valence-corrected chi connectivity index (χ3v) is 8.76. The average molecular weight is 738 g/mol. The van der Waals surface area contributed by atoms with Crippen molar-refractivity contribution in [1.29, 1.82) is 0 Å². The first kappa shape index (κ1) is 44.0.